The average molecular weight is 701 g/mol. The van der Waals surface area contributed by atoms with Gasteiger partial charge in [0.25, 0.3) is 0 Å². The normalized spacial score (nSPS) is 14.4. The molecular weight excluding hydrogens is 669 g/mol. The summed E-state index contributed by atoms with van der Waals surface area (Å²) in [6.45, 7) is 0. The Bertz CT molecular complexity index is 3060. The molecule has 0 aliphatic heterocycles. The van der Waals surface area contributed by atoms with Crippen LogP contribution < -0.4 is 0 Å². The van der Waals surface area contributed by atoms with Crippen LogP contribution in [0.3, 0.4) is 0 Å². The van der Waals surface area contributed by atoms with Crippen LogP contribution in [0.5, 0.6) is 0 Å². The first-order valence-electron chi connectivity index (χ1n) is 18.2. The van der Waals surface area contributed by atoms with Crippen LogP contribution in [0, 0.1) is 0 Å². The van der Waals surface area contributed by atoms with Gasteiger partial charge < -0.3 is 8.98 Å². The topological polar surface area (TPSA) is 56.7 Å². The molecule has 0 saturated carbocycles. The second-order valence-electron chi connectivity index (χ2n) is 13.8. The molecule has 2 aliphatic carbocycles. The first kappa shape index (κ1) is 30.3. The van der Waals surface area contributed by atoms with Crippen molar-refractivity contribution in [1.29, 1.82) is 0 Å². The number of allylic oxidation sites excluding steroid dienone is 5. The van der Waals surface area contributed by atoms with Crippen LogP contribution >= 0.6 is 11.3 Å². The van der Waals surface area contributed by atoms with Gasteiger partial charge in [-0.15, -0.1) is 11.3 Å². The summed E-state index contributed by atoms with van der Waals surface area (Å²) in [5.74, 6) is 2.02. The number of fused-ring (bicyclic) bond motifs is 10. The van der Waals surface area contributed by atoms with E-state index in [0.29, 0.717) is 17.5 Å². The number of benzene rings is 5. The van der Waals surface area contributed by atoms with Crippen molar-refractivity contribution in [3.05, 3.63) is 149 Å². The molecule has 5 nitrogen and oxygen atoms in total. The van der Waals surface area contributed by atoms with E-state index in [1.54, 1.807) is 0 Å². The number of aryl methyl sites for hydroxylation is 1. The van der Waals surface area contributed by atoms with Gasteiger partial charge in [-0.1, -0.05) is 97.1 Å². The fraction of sp³-hybridized carbons (Fsp3) is 0.0851. The fourth-order valence-corrected chi connectivity index (χ4v) is 9.45. The Morgan fingerprint density at radius 3 is 2.45 bits per heavy atom. The first-order valence-corrected chi connectivity index (χ1v) is 19.0. The van der Waals surface area contributed by atoms with Crippen LogP contribution in [-0.4, -0.2) is 19.5 Å². The van der Waals surface area contributed by atoms with Crippen LogP contribution in [-0.2, 0) is 6.42 Å². The predicted octanol–water partition coefficient (Wildman–Crippen LogP) is 12.7. The van der Waals surface area contributed by atoms with Gasteiger partial charge in [-0.25, -0.2) is 15.0 Å². The van der Waals surface area contributed by atoms with Crippen molar-refractivity contribution in [2.45, 2.75) is 25.7 Å². The Hall–Kier alpha value is -6.37. The van der Waals surface area contributed by atoms with E-state index in [-0.39, 0.29) is 0 Å². The van der Waals surface area contributed by atoms with Gasteiger partial charge in [0.2, 0.25) is 0 Å². The van der Waals surface area contributed by atoms with Gasteiger partial charge in [-0.3, -0.25) is 0 Å². The minimum Gasteiger partial charge on any atom is -0.456 e. The highest BCUT2D eigenvalue weighted by Crippen LogP contribution is 2.43. The second-order valence-corrected chi connectivity index (χ2v) is 14.8. The number of nitrogens with zero attached hydrogens (tertiary/aromatic N) is 4. The van der Waals surface area contributed by atoms with Gasteiger partial charge in [0.15, 0.2) is 17.5 Å². The molecule has 4 aromatic heterocycles. The Balaban J connectivity index is 1.06. The molecular formula is C47H32N4OS. The Morgan fingerprint density at radius 1 is 0.660 bits per heavy atom. The SMILES string of the molecule is C1=CCCC(c2nc(-c3ccccc3)nc(-c3cccc4oc5ccc(C=Cn6c7ccccc7c7c8sc9c(c8ccc76)CCC=C9)cc5c34)n2)=C1. The second kappa shape index (κ2) is 12.1. The molecule has 0 amide bonds. The van der Waals surface area contributed by atoms with E-state index in [1.807, 2.05) is 41.7 Å². The lowest BCUT2D eigenvalue weighted by molar-refractivity contribution is 0.669. The highest BCUT2D eigenvalue weighted by molar-refractivity contribution is 7.21. The third kappa shape index (κ3) is 4.94. The lowest BCUT2D eigenvalue weighted by Crippen LogP contribution is -2.03. The van der Waals surface area contributed by atoms with Crippen molar-refractivity contribution in [2.24, 2.45) is 0 Å². The zero-order chi connectivity index (χ0) is 34.9. The zero-order valence-electron chi connectivity index (χ0n) is 28.8. The highest BCUT2D eigenvalue weighted by Gasteiger charge is 2.20. The molecule has 4 heterocycles. The molecule has 53 heavy (non-hydrogen) atoms. The molecule has 0 unspecified atom stereocenters. The summed E-state index contributed by atoms with van der Waals surface area (Å²) in [5.41, 5.74) is 9.64. The Morgan fingerprint density at radius 2 is 1.53 bits per heavy atom. The lowest BCUT2D eigenvalue weighted by Gasteiger charge is -2.12. The average Bonchev–Trinajstić information content (AvgIpc) is 3.90. The molecule has 0 atom stereocenters. The van der Waals surface area contributed by atoms with E-state index in [4.69, 9.17) is 19.4 Å². The maximum absolute atomic E-state index is 6.45. The highest BCUT2D eigenvalue weighted by atomic mass is 32.1. The van der Waals surface area contributed by atoms with Crippen molar-refractivity contribution >= 4 is 89.1 Å². The standard InChI is InChI=1S/C47H32N4OS/c1-3-12-30(13-4-1)45-48-46(31-14-5-2-6-15-31)50-47(49-45)35-18-11-20-40-42(35)36-28-29(22-25-39(36)52-40)26-27-51-37-19-9-7-17-34(37)43-38(51)24-23-33-32-16-8-10-21-41(32)53-44(33)43/h1-5,7,9-14,17-28H,6,8,15-16H2. The van der Waals surface area contributed by atoms with Crippen molar-refractivity contribution in [2.75, 3.05) is 0 Å². The third-order valence-electron chi connectivity index (χ3n) is 10.6. The minimum atomic E-state index is 0.640. The molecule has 6 heteroatoms. The van der Waals surface area contributed by atoms with Crippen LogP contribution in [0.15, 0.2) is 132 Å². The van der Waals surface area contributed by atoms with Gasteiger partial charge >= 0.3 is 0 Å². The molecule has 252 valence electrons. The van der Waals surface area contributed by atoms with E-state index in [1.165, 1.54) is 42.3 Å². The number of aromatic nitrogens is 4. The summed E-state index contributed by atoms with van der Waals surface area (Å²) in [6.07, 6.45) is 19.5. The van der Waals surface area contributed by atoms with Crippen LogP contribution in [0.25, 0.3) is 101 Å². The fourth-order valence-electron chi connectivity index (χ4n) is 8.12. The zero-order valence-corrected chi connectivity index (χ0v) is 29.6. The molecule has 5 aromatic carbocycles. The van der Waals surface area contributed by atoms with Crippen molar-refractivity contribution in [3.63, 3.8) is 0 Å². The summed E-state index contributed by atoms with van der Waals surface area (Å²) in [6, 6.07) is 36.1. The minimum absolute atomic E-state index is 0.640. The summed E-state index contributed by atoms with van der Waals surface area (Å²) in [5, 5.41) is 6.05. The number of hydrogen-bond acceptors (Lipinski definition) is 5. The van der Waals surface area contributed by atoms with Crippen molar-refractivity contribution < 1.29 is 4.42 Å². The number of furan rings is 1. The monoisotopic (exact) mass is 700 g/mol. The molecule has 0 N–H and O–H groups in total. The third-order valence-corrected chi connectivity index (χ3v) is 11.9. The largest absolute Gasteiger partial charge is 0.456 e. The van der Waals surface area contributed by atoms with E-state index in [9.17, 15) is 0 Å². The van der Waals surface area contributed by atoms with Crippen LogP contribution in [0.4, 0.5) is 0 Å². The van der Waals surface area contributed by atoms with E-state index < -0.39 is 0 Å². The maximum atomic E-state index is 6.45. The molecule has 11 rings (SSSR count). The van der Waals surface area contributed by atoms with Crippen molar-refractivity contribution in [1.82, 2.24) is 19.5 Å². The molecule has 0 fully saturated rings. The Labute approximate surface area is 309 Å². The van der Waals surface area contributed by atoms with Crippen LogP contribution in [0.2, 0.25) is 0 Å². The smallest absolute Gasteiger partial charge is 0.164 e. The molecule has 0 spiro atoms. The first-order chi connectivity index (χ1) is 26.3. The summed E-state index contributed by atoms with van der Waals surface area (Å²) in [7, 11) is 0. The van der Waals surface area contributed by atoms with E-state index in [0.717, 1.165) is 69.9 Å². The van der Waals surface area contributed by atoms with Gasteiger partial charge in [0.1, 0.15) is 11.2 Å². The Kier molecular flexibility index (Phi) is 6.92. The number of rotatable bonds is 5. The molecule has 0 bridgehead atoms. The van der Waals surface area contributed by atoms with Gasteiger partial charge in [0.05, 0.1) is 11.0 Å². The van der Waals surface area contributed by atoms with Gasteiger partial charge in [-0.2, -0.15) is 0 Å². The lowest BCUT2D eigenvalue weighted by atomic mass is 10.00. The summed E-state index contributed by atoms with van der Waals surface area (Å²) in [4.78, 5) is 16.5. The van der Waals surface area contributed by atoms with Gasteiger partial charge in [0, 0.05) is 48.4 Å². The molecule has 0 radical (unpaired) electrons. The number of hydrogen-bond donors (Lipinski definition) is 0. The number of para-hydroxylation sites is 1. The summed E-state index contributed by atoms with van der Waals surface area (Å²) >= 11 is 1.93. The van der Waals surface area contributed by atoms with Crippen LogP contribution in [0.1, 0.15) is 41.1 Å². The molecule has 0 saturated heterocycles. The maximum Gasteiger partial charge on any atom is 0.164 e. The van der Waals surface area contributed by atoms with E-state index in [2.05, 4.69) is 120 Å². The summed E-state index contributed by atoms with van der Waals surface area (Å²) < 4.78 is 10.2. The molecule has 2 aliphatic rings. The van der Waals surface area contributed by atoms with E-state index >= 15 is 0 Å². The quantitative estimate of drug-likeness (QED) is 0.179. The van der Waals surface area contributed by atoms with Crippen molar-refractivity contribution in [3.8, 4) is 22.8 Å². The number of thiophene rings is 1. The predicted molar refractivity (Wildman–Crippen MR) is 222 cm³/mol. The van der Waals surface area contributed by atoms with Gasteiger partial charge in [-0.05, 0) is 90.3 Å². The molecule has 9 aromatic rings.